The molecule has 5 nitrogen and oxygen atoms in total. The summed E-state index contributed by atoms with van der Waals surface area (Å²) in [6, 6.07) is 14.2. The van der Waals surface area contributed by atoms with Crippen molar-refractivity contribution >= 4 is 38.9 Å². The fraction of sp³-hybridized carbons (Fsp3) is 0.0588. The molecule has 0 aliphatic carbocycles. The highest BCUT2D eigenvalue weighted by molar-refractivity contribution is 9.10. The molecule has 0 saturated heterocycles. The second kappa shape index (κ2) is 7.47. The Bertz CT molecular complexity index is 791. The first-order valence-electron chi connectivity index (χ1n) is 6.79. The molecule has 1 amide bonds. The Morgan fingerprint density at radius 3 is 2.48 bits per heavy atom. The lowest BCUT2D eigenvalue weighted by atomic mass is 10.2. The molecule has 2 aromatic rings. The first kappa shape index (κ1) is 16.6. The molecule has 0 aliphatic heterocycles. The molecule has 0 aliphatic rings. The lowest BCUT2D eigenvalue weighted by Crippen LogP contribution is -2.14. The van der Waals surface area contributed by atoms with Crippen LogP contribution in [0.3, 0.4) is 0 Å². The van der Waals surface area contributed by atoms with E-state index in [1.54, 1.807) is 24.3 Å². The molecule has 6 heteroatoms. The summed E-state index contributed by atoms with van der Waals surface area (Å²) in [5, 5.41) is 14.7. The minimum Gasteiger partial charge on any atom is -0.399 e. The Balaban J connectivity index is 2.08. The Labute approximate surface area is 142 Å². The van der Waals surface area contributed by atoms with E-state index in [4.69, 9.17) is 11.0 Å². The van der Waals surface area contributed by atoms with Crippen molar-refractivity contribution in [2.75, 3.05) is 16.4 Å². The minimum absolute atomic E-state index is 0.0256. The van der Waals surface area contributed by atoms with Crippen LogP contribution in [0.1, 0.15) is 5.56 Å². The topological polar surface area (TPSA) is 90.9 Å². The van der Waals surface area contributed by atoms with Gasteiger partial charge in [0.15, 0.2) is 0 Å². The van der Waals surface area contributed by atoms with E-state index in [2.05, 4.69) is 26.6 Å². The molecule has 0 radical (unpaired) electrons. The highest BCUT2D eigenvalue weighted by atomic mass is 79.9. The average molecular weight is 371 g/mol. The number of nitrogen functional groups attached to an aromatic ring is 1. The number of nitrogens with one attached hydrogen (secondary N) is 2. The van der Waals surface area contributed by atoms with Gasteiger partial charge in [0.25, 0.3) is 5.91 Å². The van der Waals surface area contributed by atoms with Crippen molar-refractivity contribution in [1.29, 1.82) is 5.26 Å². The largest absolute Gasteiger partial charge is 0.399 e. The first-order chi connectivity index (χ1) is 11.0. The van der Waals surface area contributed by atoms with Crippen molar-refractivity contribution in [1.82, 2.24) is 0 Å². The van der Waals surface area contributed by atoms with Gasteiger partial charge in [-0.3, -0.25) is 4.79 Å². The summed E-state index contributed by atoms with van der Waals surface area (Å²) in [6.45, 7) is 1.96. The predicted octanol–water partition coefficient (Wildman–Crippen LogP) is 3.80. The number of anilines is 3. The SMILES string of the molecule is Cc1cc(N/C=C(/C#N)C(=O)Nc2ccc(N)cc2)ccc1Br. The third-order valence-corrected chi connectivity index (χ3v) is 3.96. The van der Waals surface area contributed by atoms with Crippen molar-refractivity contribution < 1.29 is 4.79 Å². The molecule has 0 spiro atoms. The lowest BCUT2D eigenvalue weighted by Gasteiger charge is -2.06. The number of hydrogen-bond donors (Lipinski definition) is 3. The molecule has 0 bridgehead atoms. The van der Waals surface area contributed by atoms with E-state index in [9.17, 15) is 4.79 Å². The van der Waals surface area contributed by atoms with Gasteiger partial charge in [-0.05, 0) is 55.0 Å². The standard InChI is InChI=1S/C17H15BrN4O/c1-11-8-15(6-7-16(11)18)21-10-12(9-19)17(23)22-14-4-2-13(20)3-5-14/h2-8,10,21H,20H2,1H3,(H,22,23)/b12-10-. The van der Waals surface area contributed by atoms with Crippen LogP contribution in [-0.4, -0.2) is 5.91 Å². The highest BCUT2D eigenvalue weighted by Crippen LogP contribution is 2.20. The van der Waals surface area contributed by atoms with E-state index < -0.39 is 5.91 Å². The zero-order valence-corrected chi connectivity index (χ0v) is 14.0. The molecule has 0 heterocycles. The number of hydrogen-bond acceptors (Lipinski definition) is 4. The summed E-state index contributed by atoms with van der Waals surface area (Å²) in [6.07, 6.45) is 1.38. The van der Waals surface area contributed by atoms with E-state index >= 15 is 0 Å². The molecule has 4 N–H and O–H groups in total. The lowest BCUT2D eigenvalue weighted by molar-refractivity contribution is -0.112. The van der Waals surface area contributed by atoms with E-state index in [1.807, 2.05) is 31.2 Å². The van der Waals surface area contributed by atoms with E-state index in [1.165, 1.54) is 6.20 Å². The monoisotopic (exact) mass is 370 g/mol. The van der Waals surface area contributed by atoms with Crippen LogP contribution >= 0.6 is 15.9 Å². The van der Waals surface area contributed by atoms with Gasteiger partial charge in [0, 0.05) is 27.7 Å². The maximum absolute atomic E-state index is 12.1. The Morgan fingerprint density at radius 2 is 1.87 bits per heavy atom. The summed E-state index contributed by atoms with van der Waals surface area (Å²) >= 11 is 3.42. The molecule has 0 atom stereocenters. The molecule has 23 heavy (non-hydrogen) atoms. The predicted molar refractivity (Wildman–Crippen MR) is 95.7 cm³/mol. The number of nitrogens with two attached hydrogens (primary N) is 1. The van der Waals surface area contributed by atoms with Gasteiger partial charge in [0.2, 0.25) is 0 Å². The van der Waals surface area contributed by atoms with Crippen molar-refractivity contribution in [2.24, 2.45) is 0 Å². The van der Waals surface area contributed by atoms with Crippen LogP contribution in [0.15, 0.2) is 58.7 Å². The summed E-state index contributed by atoms with van der Waals surface area (Å²) in [5.74, 6) is -0.487. The molecule has 2 aromatic carbocycles. The molecular weight excluding hydrogens is 356 g/mol. The van der Waals surface area contributed by atoms with Gasteiger partial charge in [-0.15, -0.1) is 0 Å². The number of benzene rings is 2. The van der Waals surface area contributed by atoms with Gasteiger partial charge in [-0.2, -0.15) is 5.26 Å². The number of rotatable bonds is 4. The van der Waals surface area contributed by atoms with Gasteiger partial charge in [-0.1, -0.05) is 15.9 Å². The Morgan fingerprint density at radius 1 is 1.22 bits per heavy atom. The number of aryl methyl sites for hydroxylation is 1. The molecule has 0 aromatic heterocycles. The number of nitrogens with zero attached hydrogens (tertiary/aromatic N) is 1. The fourth-order valence-corrected chi connectivity index (χ4v) is 2.05. The normalized spacial score (nSPS) is 10.7. The molecule has 0 saturated carbocycles. The maximum Gasteiger partial charge on any atom is 0.267 e. The number of amides is 1. The second-order valence-electron chi connectivity index (χ2n) is 4.85. The van der Waals surface area contributed by atoms with E-state index in [-0.39, 0.29) is 5.57 Å². The van der Waals surface area contributed by atoms with Gasteiger partial charge < -0.3 is 16.4 Å². The van der Waals surface area contributed by atoms with Crippen LogP contribution in [0.2, 0.25) is 0 Å². The first-order valence-corrected chi connectivity index (χ1v) is 7.59. The molecule has 0 unspecified atom stereocenters. The van der Waals surface area contributed by atoms with Crippen LogP contribution in [0.5, 0.6) is 0 Å². The minimum atomic E-state index is -0.487. The Kier molecular flexibility index (Phi) is 5.39. The zero-order valence-electron chi connectivity index (χ0n) is 12.4. The molecule has 0 fully saturated rings. The summed E-state index contributed by atoms with van der Waals surface area (Å²) in [7, 11) is 0. The van der Waals surface area contributed by atoms with Gasteiger partial charge in [0.05, 0.1) is 0 Å². The number of carbonyl (C=O) groups excluding carboxylic acids is 1. The summed E-state index contributed by atoms with van der Waals surface area (Å²) < 4.78 is 0.994. The number of halogens is 1. The third kappa shape index (κ3) is 4.59. The van der Waals surface area contributed by atoms with Gasteiger partial charge in [-0.25, -0.2) is 0 Å². The highest BCUT2D eigenvalue weighted by Gasteiger charge is 2.09. The van der Waals surface area contributed by atoms with Crippen LogP contribution < -0.4 is 16.4 Å². The smallest absolute Gasteiger partial charge is 0.267 e. The van der Waals surface area contributed by atoms with Gasteiger partial charge in [0.1, 0.15) is 11.6 Å². The van der Waals surface area contributed by atoms with Crippen LogP contribution in [0.4, 0.5) is 17.1 Å². The van der Waals surface area contributed by atoms with Crippen molar-refractivity contribution in [3.05, 3.63) is 64.3 Å². The van der Waals surface area contributed by atoms with Crippen LogP contribution in [0.25, 0.3) is 0 Å². The number of carbonyl (C=O) groups is 1. The molecule has 2 rings (SSSR count). The maximum atomic E-state index is 12.1. The molecular formula is C17H15BrN4O. The van der Waals surface area contributed by atoms with Gasteiger partial charge >= 0.3 is 0 Å². The summed E-state index contributed by atoms with van der Waals surface area (Å²) in [5.41, 5.74) is 8.58. The van der Waals surface area contributed by atoms with Crippen LogP contribution in [-0.2, 0) is 4.79 Å². The second-order valence-corrected chi connectivity index (χ2v) is 5.71. The number of nitriles is 1. The van der Waals surface area contributed by atoms with E-state index in [0.29, 0.717) is 11.4 Å². The van der Waals surface area contributed by atoms with Crippen LogP contribution in [0, 0.1) is 18.3 Å². The zero-order chi connectivity index (χ0) is 16.8. The van der Waals surface area contributed by atoms with Crippen molar-refractivity contribution in [2.45, 2.75) is 6.92 Å². The Hall–Kier alpha value is -2.78. The quantitative estimate of drug-likeness (QED) is 0.433. The van der Waals surface area contributed by atoms with E-state index in [0.717, 1.165) is 15.7 Å². The fourth-order valence-electron chi connectivity index (χ4n) is 1.80. The molecule has 116 valence electrons. The van der Waals surface area contributed by atoms with Crippen molar-refractivity contribution in [3.8, 4) is 6.07 Å². The average Bonchev–Trinajstić information content (AvgIpc) is 2.53. The summed E-state index contributed by atoms with van der Waals surface area (Å²) in [4.78, 5) is 12.1. The third-order valence-electron chi connectivity index (χ3n) is 3.07. The van der Waals surface area contributed by atoms with Crippen molar-refractivity contribution in [3.63, 3.8) is 0 Å².